The van der Waals surface area contributed by atoms with Crippen molar-refractivity contribution in [3.05, 3.63) is 40.1 Å². The molecule has 0 aliphatic carbocycles. The number of nitrogens with two attached hydrogens (primary N) is 2. The fourth-order valence-corrected chi connectivity index (χ4v) is 2.68. The van der Waals surface area contributed by atoms with Crippen molar-refractivity contribution < 1.29 is 4.39 Å². The molecule has 0 saturated carbocycles. The Kier molecular flexibility index (Phi) is 4.03. The van der Waals surface area contributed by atoms with E-state index in [0.717, 1.165) is 5.56 Å². The van der Waals surface area contributed by atoms with Crippen molar-refractivity contribution in [2.24, 2.45) is 0 Å². The monoisotopic (exact) mass is 328 g/mol. The summed E-state index contributed by atoms with van der Waals surface area (Å²) in [7, 11) is 0. The molecule has 0 amide bonds. The SMILES string of the molecule is Nc1cc(N)nc(SCc2cc(F)cc(Br)c2)n1. The topological polar surface area (TPSA) is 77.8 Å². The molecule has 0 fully saturated rings. The second-order valence-electron chi connectivity index (χ2n) is 3.57. The molecule has 18 heavy (non-hydrogen) atoms. The van der Waals surface area contributed by atoms with Gasteiger partial charge in [-0.3, -0.25) is 0 Å². The molecule has 4 nitrogen and oxygen atoms in total. The van der Waals surface area contributed by atoms with Gasteiger partial charge in [-0.05, 0) is 23.8 Å². The molecule has 94 valence electrons. The third-order valence-corrected chi connectivity index (χ3v) is 3.41. The van der Waals surface area contributed by atoms with E-state index in [1.165, 1.54) is 30.0 Å². The predicted molar refractivity (Wildman–Crippen MR) is 74.5 cm³/mol. The van der Waals surface area contributed by atoms with E-state index in [-0.39, 0.29) is 5.82 Å². The lowest BCUT2D eigenvalue weighted by atomic mass is 10.2. The standard InChI is InChI=1S/C11H10BrFN4S/c12-7-1-6(2-8(13)3-7)5-18-11-16-9(14)4-10(15)17-11/h1-4H,5H2,(H4,14,15,16,17). The van der Waals surface area contributed by atoms with Crippen molar-refractivity contribution in [1.82, 2.24) is 9.97 Å². The molecular weight excluding hydrogens is 319 g/mol. The van der Waals surface area contributed by atoms with Crippen LogP contribution in [0, 0.1) is 5.82 Å². The summed E-state index contributed by atoms with van der Waals surface area (Å²) in [6.45, 7) is 0. The first-order chi connectivity index (χ1) is 8.52. The average Bonchev–Trinajstić information content (AvgIpc) is 2.23. The molecule has 0 spiro atoms. The number of thioether (sulfide) groups is 1. The first-order valence-electron chi connectivity index (χ1n) is 5.01. The van der Waals surface area contributed by atoms with Crippen molar-refractivity contribution in [2.75, 3.05) is 11.5 Å². The number of nitrogens with zero attached hydrogens (tertiary/aromatic N) is 2. The van der Waals surface area contributed by atoms with Crippen LogP contribution in [0.5, 0.6) is 0 Å². The summed E-state index contributed by atoms with van der Waals surface area (Å²) in [4.78, 5) is 8.08. The molecule has 1 heterocycles. The van der Waals surface area contributed by atoms with Gasteiger partial charge in [-0.15, -0.1) is 0 Å². The predicted octanol–water partition coefficient (Wildman–Crippen LogP) is 2.83. The zero-order chi connectivity index (χ0) is 13.1. The number of rotatable bonds is 3. The number of anilines is 2. The highest BCUT2D eigenvalue weighted by molar-refractivity contribution is 9.10. The first kappa shape index (κ1) is 13.1. The zero-order valence-corrected chi connectivity index (χ0v) is 11.6. The third-order valence-electron chi connectivity index (χ3n) is 2.04. The molecule has 0 bridgehead atoms. The van der Waals surface area contributed by atoms with E-state index in [1.54, 1.807) is 0 Å². The van der Waals surface area contributed by atoms with Gasteiger partial charge in [-0.1, -0.05) is 27.7 Å². The molecule has 2 aromatic rings. The molecule has 0 aliphatic rings. The van der Waals surface area contributed by atoms with E-state index >= 15 is 0 Å². The van der Waals surface area contributed by atoms with E-state index < -0.39 is 0 Å². The van der Waals surface area contributed by atoms with Crippen LogP contribution in [0.2, 0.25) is 0 Å². The Morgan fingerprint density at radius 1 is 1.11 bits per heavy atom. The number of benzene rings is 1. The minimum Gasteiger partial charge on any atom is -0.383 e. The summed E-state index contributed by atoms with van der Waals surface area (Å²) in [6.07, 6.45) is 0. The molecule has 0 atom stereocenters. The number of nitrogen functional groups attached to an aromatic ring is 2. The molecule has 0 aliphatic heterocycles. The van der Waals surface area contributed by atoms with Gasteiger partial charge < -0.3 is 11.5 Å². The lowest BCUT2D eigenvalue weighted by Crippen LogP contribution is -1.99. The highest BCUT2D eigenvalue weighted by atomic mass is 79.9. The largest absolute Gasteiger partial charge is 0.383 e. The summed E-state index contributed by atoms with van der Waals surface area (Å²) in [6, 6.07) is 6.20. The molecule has 1 aromatic heterocycles. The number of halogens is 2. The van der Waals surface area contributed by atoms with Crippen LogP contribution in [0.3, 0.4) is 0 Å². The van der Waals surface area contributed by atoms with Gasteiger partial charge in [0.25, 0.3) is 0 Å². The maximum absolute atomic E-state index is 13.2. The van der Waals surface area contributed by atoms with Crippen molar-refractivity contribution in [3.63, 3.8) is 0 Å². The maximum atomic E-state index is 13.2. The van der Waals surface area contributed by atoms with Gasteiger partial charge in [0.15, 0.2) is 5.16 Å². The van der Waals surface area contributed by atoms with Crippen LogP contribution in [0.25, 0.3) is 0 Å². The molecule has 4 N–H and O–H groups in total. The van der Waals surface area contributed by atoms with Gasteiger partial charge in [-0.2, -0.15) is 0 Å². The van der Waals surface area contributed by atoms with E-state index in [9.17, 15) is 4.39 Å². The van der Waals surface area contributed by atoms with E-state index in [1.807, 2.05) is 6.07 Å². The van der Waals surface area contributed by atoms with Crippen molar-refractivity contribution in [3.8, 4) is 0 Å². The van der Waals surface area contributed by atoms with Gasteiger partial charge >= 0.3 is 0 Å². The molecule has 7 heteroatoms. The molecule has 2 rings (SSSR count). The lowest BCUT2D eigenvalue weighted by Gasteiger charge is -2.04. The normalized spacial score (nSPS) is 10.6. The maximum Gasteiger partial charge on any atom is 0.191 e. The number of hydrogen-bond donors (Lipinski definition) is 2. The fourth-order valence-electron chi connectivity index (χ4n) is 1.37. The minimum absolute atomic E-state index is 0.284. The van der Waals surface area contributed by atoms with E-state index in [0.29, 0.717) is 27.0 Å². The molecule has 0 radical (unpaired) electrons. The van der Waals surface area contributed by atoms with Crippen LogP contribution in [0.4, 0.5) is 16.0 Å². The molecule has 1 aromatic carbocycles. The fraction of sp³-hybridized carbons (Fsp3) is 0.0909. The summed E-state index contributed by atoms with van der Waals surface area (Å²) in [5, 5.41) is 0.480. The first-order valence-corrected chi connectivity index (χ1v) is 6.78. The lowest BCUT2D eigenvalue weighted by molar-refractivity contribution is 0.625. The molecular formula is C11H10BrFN4S. The summed E-state index contributed by atoms with van der Waals surface area (Å²) in [5.74, 6) is 0.906. The Morgan fingerprint density at radius 2 is 1.78 bits per heavy atom. The summed E-state index contributed by atoms with van der Waals surface area (Å²) in [5.41, 5.74) is 12.0. The van der Waals surface area contributed by atoms with Gasteiger partial charge in [0, 0.05) is 16.3 Å². The Hall–Kier alpha value is -1.34. The van der Waals surface area contributed by atoms with E-state index in [4.69, 9.17) is 11.5 Å². The van der Waals surface area contributed by atoms with Gasteiger partial charge in [-0.25, -0.2) is 14.4 Å². The Labute approximate surface area is 116 Å². The van der Waals surface area contributed by atoms with E-state index in [2.05, 4.69) is 25.9 Å². The van der Waals surface area contributed by atoms with Crippen LogP contribution in [-0.4, -0.2) is 9.97 Å². The van der Waals surface area contributed by atoms with Crippen LogP contribution >= 0.6 is 27.7 Å². The number of aromatic nitrogens is 2. The third kappa shape index (κ3) is 3.58. The van der Waals surface area contributed by atoms with Crippen LogP contribution in [0.15, 0.2) is 33.9 Å². The second-order valence-corrected chi connectivity index (χ2v) is 5.42. The second kappa shape index (κ2) is 5.53. The Balaban J connectivity index is 2.11. The van der Waals surface area contributed by atoms with Crippen molar-refractivity contribution in [1.29, 1.82) is 0 Å². The van der Waals surface area contributed by atoms with Crippen molar-refractivity contribution >= 4 is 39.3 Å². The molecule has 0 unspecified atom stereocenters. The zero-order valence-electron chi connectivity index (χ0n) is 9.23. The summed E-state index contributed by atoms with van der Waals surface area (Å²) < 4.78 is 13.9. The van der Waals surface area contributed by atoms with Gasteiger partial charge in [0.2, 0.25) is 0 Å². The van der Waals surface area contributed by atoms with Crippen LogP contribution in [-0.2, 0) is 5.75 Å². The minimum atomic E-state index is -0.284. The van der Waals surface area contributed by atoms with Gasteiger partial charge in [0.1, 0.15) is 17.5 Å². The quantitative estimate of drug-likeness (QED) is 0.669. The smallest absolute Gasteiger partial charge is 0.191 e. The average molecular weight is 329 g/mol. The Morgan fingerprint density at radius 3 is 2.39 bits per heavy atom. The van der Waals surface area contributed by atoms with Gasteiger partial charge in [0.05, 0.1) is 0 Å². The summed E-state index contributed by atoms with van der Waals surface area (Å²) >= 11 is 4.59. The molecule has 0 saturated heterocycles. The van der Waals surface area contributed by atoms with Crippen LogP contribution in [0.1, 0.15) is 5.56 Å². The highest BCUT2D eigenvalue weighted by Crippen LogP contribution is 2.23. The number of hydrogen-bond acceptors (Lipinski definition) is 5. The Bertz CT molecular complexity index is 487. The van der Waals surface area contributed by atoms with Crippen LogP contribution < -0.4 is 11.5 Å². The van der Waals surface area contributed by atoms with Crippen molar-refractivity contribution in [2.45, 2.75) is 10.9 Å². The highest BCUT2D eigenvalue weighted by Gasteiger charge is 2.04.